The Morgan fingerprint density at radius 3 is 2.88 bits per heavy atom. The molecule has 16 heavy (non-hydrogen) atoms. The first-order valence-electron chi connectivity index (χ1n) is 6.05. The Morgan fingerprint density at radius 2 is 2.31 bits per heavy atom. The van der Waals surface area contributed by atoms with E-state index >= 15 is 0 Å². The van der Waals surface area contributed by atoms with Crippen LogP contribution in [0.15, 0.2) is 12.4 Å². The van der Waals surface area contributed by atoms with Gasteiger partial charge in [-0.3, -0.25) is 0 Å². The molecule has 92 valence electrons. The Hall–Kier alpha value is -0.480. The monoisotopic (exact) mass is 241 g/mol. The molecule has 0 bridgehead atoms. The number of aromatic nitrogens is 2. The van der Waals surface area contributed by atoms with Crippen molar-refractivity contribution >= 4 is 11.8 Å². The third-order valence-electron chi connectivity index (χ3n) is 2.51. The molecule has 1 rings (SSSR count). The smallest absolute Gasteiger partial charge is 0.109 e. The molecule has 0 aliphatic carbocycles. The highest BCUT2D eigenvalue weighted by Gasteiger charge is 2.10. The summed E-state index contributed by atoms with van der Waals surface area (Å²) in [6.45, 7) is 5.42. The van der Waals surface area contributed by atoms with Gasteiger partial charge in [0.1, 0.15) is 5.82 Å². The number of nitrogens with zero attached hydrogens (tertiary/aromatic N) is 2. The number of imidazole rings is 1. The zero-order valence-electron chi connectivity index (χ0n) is 10.6. The number of thioether (sulfide) groups is 1. The summed E-state index contributed by atoms with van der Waals surface area (Å²) < 4.78 is 2.11. The molecular weight excluding hydrogens is 218 g/mol. The van der Waals surface area contributed by atoms with E-state index in [1.165, 1.54) is 23.8 Å². The van der Waals surface area contributed by atoms with Gasteiger partial charge in [0.15, 0.2) is 0 Å². The lowest BCUT2D eigenvalue weighted by atomic mass is 10.2. The first kappa shape index (κ1) is 13.6. The molecule has 1 unspecified atom stereocenters. The van der Waals surface area contributed by atoms with Crippen LogP contribution in [-0.4, -0.2) is 33.6 Å². The molecule has 0 saturated heterocycles. The summed E-state index contributed by atoms with van der Waals surface area (Å²) in [7, 11) is 2.06. The maximum absolute atomic E-state index is 4.38. The van der Waals surface area contributed by atoms with Crippen LogP contribution in [0.2, 0.25) is 0 Å². The van der Waals surface area contributed by atoms with E-state index in [-0.39, 0.29) is 0 Å². The molecule has 0 aliphatic rings. The second-order valence-electron chi connectivity index (χ2n) is 3.99. The lowest BCUT2D eigenvalue weighted by Crippen LogP contribution is -2.34. The zero-order chi connectivity index (χ0) is 11.8. The van der Waals surface area contributed by atoms with Gasteiger partial charge in [0, 0.05) is 37.7 Å². The highest BCUT2D eigenvalue weighted by molar-refractivity contribution is 7.99. The minimum Gasteiger partial charge on any atom is -0.338 e. The van der Waals surface area contributed by atoms with E-state index in [0.717, 1.165) is 13.0 Å². The number of hydrogen-bond donors (Lipinski definition) is 1. The minimum atomic E-state index is 0.544. The Labute approximate surface area is 103 Å². The minimum absolute atomic E-state index is 0.544. The molecule has 1 N–H and O–H groups in total. The molecule has 1 atom stereocenters. The van der Waals surface area contributed by atoms with E-state index < -0.39 is 0 Å². The van der Waals surface area contributed by atoms with E-state index in [1.54, 1.807) is 0 Å². The third-order valence-corrected chi connectivity index (χ3v) is 3.85. The van der Waals surface area contributed by atoms with Crippen LogP contribution in [0, 0.1) is 0 Å². The van der Waals surface area contributed by atoms with Crippen LogP contribution in [0.4, 0.5) is 0 Å². The van der Waals surface area contributed by atoms with Crippen molar-refractivity contribution in [3.05, 3.63) is 18.2 Å². The molecule has 1 heterocycles. The lowest BCUT2D eigenvalue weighted by Gasteiger charge is -2.17. The van der Waals surface area contributed by atoms with Crippen molar-refractivity contribution in [3.63, 3.8) is 0 Å². The second-order valence-corrected chi connectivity index (χ2v) is 5.14. The molecule has 4 heteroatoms. The molecular formula is C12H23N3S. The zero-order valence-corrected chi connectivity index (χ0v) is 11.4. The fourth-order valence-electron chi connectivity index (χ4n) is 1.66. The van der Waals surface area contributed by atoms with Crippen LogP contribution in [0.5, 0.6) is 0 Å². The Bertz CT molecular complexity index is 286. The largest absolute Gasteiger partial charge is 0.338 e. The number of nitrogens with one attached hydrogen (secondary N) is 1. The topological polar surface area (TPSA) is 29.9 Å². The second kappa shape index (κ2) is 7.74. The Kier molecular flexibility index (Phi) is 6.57. The molecule has 0 aliphatic heterocycles. The number of rotatable bonds is 8. The molecule has 1 aromatic rings. The lowest BCUT2D eigenvalue weighted by molar-refractivity contribution is 0.550. The molecule has 3 nitrogen and oxygen atoms in total. The summed E-state index contributed by atoms with van der Waals surface area (Å²) >= 11 is 2.03. The number of hydrogen-bond acceptors (Lipinski definition) is 3. The fraction of sp³-hybridized carbons (Fsp3) is 0.750. The first-order chi connectivity index (χ1) is 7.77. The highest BCUT2D eigenvalue weighted by atomic mass is 32.2. The van der Waals surface area contributed by atoms with Crippen molar-refractivity contribution in [2.45, 2.75) is 32.7 Å². The van der Waals surface area contributed by atoms with Crippen LogP contribution in [0.3, 0.4) is 0 Å². The van der Waals surface area contributed by atoms with Crippen molar-refractivity contribution < 1.29 is 0 Å². The SMILES string of the molecule is CCCSCC(Cc1nccn1C)NCC. The summed E-state index contributed by atoms with van der Waals surface area (Å²) in [6.07, 6.45) is 6.16. The predicted molar refractivity (Wildman–Crippen MR) is 72.0 cm³/mol. The van der Waals surface area contributed by atoms with Crippen LogP contribution >= 0.6 is 11.8 Å². The first-order valence-corrected chi connectivity index (χ1v) is 7.20. The maximum atomic E-state index is 4.38. The van der Waals surface area contributed by atoms with Crippen molar-refractivity contribution in [2.24, 2.45) is 7.05 Å². The molecule has 0 spiro atoms. The average molecular weight is 241 g/mol. The average Bonchev–Trinajstić information content (AvgIpc) is 2.65. The van der Waals surface area contributed by atoms with Gasteiger partial charge in [-0.1, -0.05) is 13.8 Å². The highest BCUT2D eigenvalue weighted by Crippen LogP contribution is 2.08. The summed E-state index contributed by atoms with van der Waals surface area (Å²) in [5.74, 6) is 3.60. The van der Waals surface area contributed by atoms with Gasteiger partial charge in [0.05, 0.1) is 0 Å². The molecule has 0 fully saturated rings. The van der Waals surface area contributed by atoms with E-state index in [0.29, 0.717) is 6.04 Å². The van der Waals surface area contributed by atoms with Gasteiger partial charge in [-0.2, -0.15) is 11.8 Å². The number of aryl methyl sites for hydroxylation is 1. The number of likely N-dealkylation sites (N-methyl/N-ethyl adjacent to an activating group) is 1. The van der Waals surface area contributed by atoms with E-state index in [9.17, 15) is 0 Å². The summed E-state index contributed by atoms with van der Waals surface area (Å²) in [5, 5.41) is 3.53. The molecule has 1 aromatic heterocycles. The van der Waals surface area contributed by atoms with Crippen molar-refractivity contribution in [2.75, 3.05) is 18.1 Å². The van der Waals surface area contributed by atoms with Crippen LogP contribution in [-0.2, 0) is 13.5 Å². The molecule has 0 aromatic carbocycles. The van der Waals surface area contributed by atoms with E-state index in [1.807, 2.05) is 24.2 Å². The Balaban J connectivity index is 2.41. The maximum Gasteiger partial charge on any atom is 0.109 e. The quantitative estimate of drug-likeness (QED) is 0.707. The predicted octanol–water partition coefficient (Wildman–Crippen LogP) is 2.08. The van der Waals surface area contributed by atoms with Crippen molar-refractivity contribution in [1.82, 2.24) is 14.9 Å². The normalized spacial score (nSPS) is 12.9. The van der Waals surface area contributed by atoms with E-state index in [4.69, 9.17) is 0 Å². The standard InChI is InChI=1S/C12H23N3S/c1-4-8-16-10-11(13-5-2)9-12-14-6-7-15(12)3/h6-7,11,13H,4-5,8-10H2,1-3H3. The summed E-state index contributed by atoms with van der Waals surface area (Å²) in [5.41, 5.74) is 0. The Morgan fingerprint density at radius 1 is 1.50 bits per heavy atom. The fourth-order valence-corrected chi connectivity index (χ4v) is 2.64. The third kappa shape index (κ3) is 4.58. The van der Waals surface area contributed by atoms with Crippen molar-refractivity contribution in [1.29, 1.82) is 0 Å². The molecule has 0 radical (unpaired) electrons. The van der Waals surface area contributed by atoms with Gasteiger partial charge >= 0.3 is 0 Å². The summed E-state index contributed by atoms with van der Waals surface area (Å²) in [4.78, 5) is 4.38. The van der Waals surface area contributed by atoms with Gasteiger partial charge in [0.25, 0.3) is 0 Å². The van der Waals surface area contributed by atoms with Gasteiger partial charge in [-0.15, -0.1) is 0 Å². The van der Waals surface area contributed by atoms with Crippen LogP contribution < -0.4 is 5.32 Å². The summed E-state index contributed by atoms with van der Waals surface area (Å²) in [6, 6.07) is 0.544. The van der Waals surface area contributed by atoms with E-state index in [2.05, 4.69) is 35.8 Å². The van der Waals surface area contributed by atoms with Gasteiger partial charge in [-0.05, 0) is 18.7 Å². The molecule has 0 amide bonds. The van der Waals surface area contributed by atoms with Gasteiger partial charge < -0.3 is 9.88 Å². The van der Waals surface area contributed by atoms with Gasteiger partial charge in [0.2, 0.25) is 0 Å². The van der Waals surface area contributed by atoms with Crippen LogP contribution in [0.1, 0.15) is 26.1 Å². The van der Waals surface area contributed by atoms with Crippen molar-refractivity contribution in [3.8, 4) is 0 Å². The van der Waals surface area contributed by atoms with Crippen LogP contribution in [0.25, 0.3) is 0 Å². The molecule has 0 saturated carbocycles. The van der Waals surface area contributed by atoms with Gasteiger partial charge in [-0.25, -0.2) is 4.98 Å².